The summed E-state index contributed by atoms with van der Waals surface area (Å²) in [4.78, 5) is 16.9. The van der Waals surface area contributed by atoms with Crippen LogP contribution in [0, 0.1) is 0 Å². The Morgan fingerprint density at radius 3 is 2.56 bits per heavy atom. The van der Waals surface area contributed by atoms with E-state index < -0.39 is 0 Å². The van der Waals surface area contributed by atoms with Crippen LogP contribution in [0.2, 0.25) is 0 Å². The molecule has 3 nitrogen and oxygen atoms in total. The summed E-state index contributed by atoms with van der Waals surface area (Å²) in [5.74, 6) is -0.0957. The topological polar surface area (TPSA) is 42.0 Å². The molecule has 0 bridgehead atoms. The van der Waals surface area contributed by atoms with Gasteiger partial charge in [-0.2, -0.15) is 11.3 Å². The first-order valence-corrected chi connectivity index (χ1v) is 9.57. The maximum absolute atomic E-state index is 12.2. The maximum atomic E-state index is 12.2. The number of hydrogen-bond donors (Lipinski definition) is 1. The Morgan fingerprint density at radius 1 is 0.920 bits per heavy atom. The lowest BCUT2D eigenvalue weighted by Crippen LogP contribution is -2.10. The molecule has 0 saturated heterocycles. The molecule has 2 aromatic heterocycles. The third-order valence-electron chi connectivity index (χ3n) is 3.72. The zero-order valence-electron chi connectivity index (χ0n) is 13.2. The Kier molecular flexibility index (Phi) is 4.41. The average Bonchev–Trinajstić information content (AvgIpc) is 3.35. The fourth-order valence-electron chi connectivity index (χ4n) is 2.47. The second kappa shape index (κ2) is 7.01. The zero-order valence-corrected chi connectivity index (χ0v) is 14.8. The van der Waals surface area contributed by atoms with Gasteiger partial charge >= 0.3 is 0 Å². The number of thiophene rings is 1. The lowest BCUT2D eigenvalue weighted by Gasteiger charge is -2.05. The Labute approximate surface area is 153 Å². The number of aromatic nitrogens is 1. The maximum Gasteiger partial charge on any atom is 0.256 e. The van der Waals surface area contributed by atoms with Gasteiger partial charge in [0.1, 0.15) is 5.01 Å². The van der Waals surface area contributed by atoms with E-state index in [1.807, 2.05) is 64.7 Å². The third kappa shape index (κ3) is 3.52. The molecule has 1 N–H and O–H groups in total. The minimum absolute atomic E-state index is 0.0957. The minimum Gasteiger partial charge on any atom is -0.322 e. The number of amides is 1. The summed E-state index contributed by atoms with van der Waals surface area (Å²) < 4.78 is 0. The number of nitrogens with one attached hydrogen (secondary N) is 1. The van der Waals surface area contributed by atoms with E-state index in [0.717, 1.165) is 27.5 Å². The highest BCUT2D eigenvalue weighted by molar-refractivity contribution is 7.13. The molecule has 2 heterocycles. The van der Waals surface area contributed by atoms with E-state index in [1.54, 1.807) is 11.3 Å². The summed E-state index contributed by atoms with van der Waals surface area (Å²) >= 11 is 3.13. The van der Waals surface area contributed by atoms with E-state index in [-0.39, 0.29) is 5.91 Å². The molecule has 0 spiro atoms. The van der Waals surface area contributed by atoms with Crippen LogP contribution in [0.4, 0.5) is 5.69 Å². The third-order valence-corrected chi connectivity index (χ3v) is 5.30. The molecule has 1 amide bonds. The molecular weight excluding hydrogens is 348 g/mol. The van der Waals surface area contributed by atoms with Crippen LogP contribution >= 0.6 is 22.7 Å². The second-order valence-electron chi connectivity index (χ2n) is 5.45. The van der Waals surface area contributed by atoms with Crippen LogP contribution in [0.25, 0.3) is 21.8 Å². The Hall–Kier alpha value is -2.76. The SMILES string of the molecule is O=C(Nc1cccc(-c2csc(-c3ccccc3)n2)c1)c1ccsc1. The van der Waals surface area contributed by atoms with Crippen molar-refractivity contribution in [3.8, 4) is 21.8 Å². The standard InChI is InChI=1S/C20H14N2OS2/c23-19(16-9-10-24-12-16)21-17-8-4-7-15(11-17)18-13-25-20(22-18)14-5-2-1-3-6-14/h1-13H,(H,21,23). The number of thiazole rings is 1. The molecule has 0 fully saturated rings. The van der Waals surface area contributed by atoms with Crippen molar-refractivity contribution in [2.75, 3.05) is 5.32 Å². The van der Waals surface area contributed by atoms with Crippen LogP contribution in [0.1, 0.15) is 10.4 Å². The lowest BCUT2D eigenvalue weighted by molar-refractivity contribution is 0.102. The van der Waals surface area contributed by atoms with Crippen molar-refractivity contribution in [1.82, 2.24) is 4.98 Å². The van der Waals surface area contributed by atoms with Crippen molar-refractivity contribution in [2.45, 2.75) is 0 Å². The number of carbonyl (C=O) groups excluding carboxylic acids is 1. The van der Waals surface area contributed by atoms with E-state index in [1.165, 1.54) is 11.3 Å². The fourth-order valence-corrected chi connectivity index (χ4v) is 3.94. The smallest absolute Gasteiger partial charge is 0.256 e. The molecule has 0 saturated carbocycles. The van der Waals surface area contributed by atoms with Gasteiger partial charge in [-0.25, -0.2) is 4.98 Å². The number of hydrogen-bond acceptors (Lipinski definition) is 4. The first kappa shape index (κ1) is 15.7. The van der Waals surface area contributed by atoms with Crippen LogP contribution < -0.4 is 5.32 Å². The van der Waals surface area contributed by atoms with Gasteiger partial charge in [0.25, 0.3) is 5.91 Å². The predicted octanol–water partition coefficient (Wildman–Crippen LogP) is 5.79. The van der Waals surface area contributed by atoms with Gasteiger partial charge in [0.2, 0.25) is 0 Å². The molecule has 122 valence electrons. The van der Waals surface area contributed by atoms with E-state index in [2.05, 4.69) is 17.4 Å². The average molecular weight is 362 g/mol. The number of rotatable bonds is 4. The molecule has 5 heteroatoms. The van der Waals surface area contributed by atoms with Gasteiger partial charge in [0.05, 0.1) is 11.3 Å². The second-order valence-corrected chi connectivity index (χ2v) is 7.09. The fraction of sp³-hybridized carbons (Fsp3) is 0. The summed E-state index contributed by atoms with van der Waals surface area (Å²) in [6.07, 6.45) is 0. The molecule has 2 aromatic carbocycles. The molecule has 0 aliphatic heterocycles. The lowest BCUT2D eigenvalue weighted by atomic mass is 10.1. The van der Waals surface area contributed by atoms with Crippen molar-refractivity contribution in [3.05, 3.63) is 82.4 Å². The summed E-state index contributed by atoms with van der Waals surface area (Å²) in [6, 6.07) is 19.7. The Balaban J connectivity index is 1.58. The van der Waals surface area contributed by atoms with Gasteiger partial charge in [-0.15, -0.1) is 11.3 Å². The Morgan fingerprint density at radius 2 is 1.76 bits per heavy atom. The molecule has 0 atom stereocenters. The van der Waals surface area contributed by atoms with Crippen LogP contribution in [-0.4, -0.2) is 10.9 Å². The summed E-state index contributed by atoms with van der Waals surface area (Å²) in [6.45, 7) is 0. The number of anilines is 1. The van der Waals surface area contributed by atoms with E-state index in [0.29, 0.717) is 5.56 Å². The largest absolute Gasteiger partial charge is 0.322 e. The van der Waals surface area contributed by atoms with Crippen LogP contribution in [0.3, 0.4) is 0 Å². The molecule has 4 rings (SSSR count). The first-order chi connectivity index (χ1) is 12.3. The minimum atomic E-state index is -0.0957. The van der Waals surface area contributed by atoms with Crippen molar-refractivity contribution >= 4 is 34.3 Å². The normalized spacial score (nSPS) is 10.6. The molecule has 4 aromatic rings. The molecule has 0 unspecified atom stereocenters. The quantitative estimate of drug-likeness (QED) is 0.499. The molecule has 0 aliphatic rings. The summed E-state index contributed by atoms with van der Waals surface area (Å²) in [7, 11) is 0. The molecule has 0 radical (unpaired) electrons. The highest BCUT2D eigenvalue weighted by atomic mass is 32.1. The van der Waals surface area contributed by atoms with E-state index in [9.17, 15) is 4.79 Å². The monoisotopic (exact) mass is 362 g/mol. The van der Waals surface area contributed by atoms with Gasteiger partial charge in [-0.1, -0.05) is 42.5 Å². The van der Waals surface area contributed by atoms with E-state index in [4.69, 9.17) is 4.98 Å². The highest BCUT2D eigenvalue weighted by Gasteiger charge is 2.09. The Bertz CT molecular complexity index is 991. The predicted molar refractivity (Wildman–Crippen MR) is 105 cm³/mol. The van der Waals surface area contributed by atoms with Crippen LogP contribution in [0.5, 0.6) is 0 Å². The first-order valence-electron chi connectivity index (χ1n) is 7.74. The van der Waals surface area contributed by atoms with Crippen molar-refractivity contribution in [2.24, 2.45) is 0 Å². The van der Waals surface area contributed by atoms with Gasteiger partial charge in [-0.05, 0) is 23.6 Å². The highest BCUT2D eigenvalue weighted by Crippen LogP contribution is 2.29. The van der Waals surface area contributed by atoms with Crippen molar-refractivity contribution in [1.29, 1.82) is 0 Å². The number of nitrogens with zero attached hydrogens (tertiary/aromatic N) is 1. The van der Waals surface area contributed by atoms with Crippen molar-refractivity contribution < 1.29 is 4.79 Å². The van der Waals surface area contributed by atoms with E-state index >= 15 is 0 Å². The van der Waals surface area contributed by atoms with Crippen LogP contribution in [0.15, 0.2) is 76.8 Å². The van der Waals surface area contributed by atoms with Crippen LogP contribution in [-0.2, 0) is 0 Å². The van der Waals surface area contributed by atoms with Gasteiger partial charge in [0.15, 0.2) is 0 Å². The molecular formula is C20H14N2OS2. The van der Waals surface area contributed by atoms with Gasteiger partial charge in [0, 0.05) is 27.6 Å². The molecule has 25 heavy (non-hydrogen) atoms. The van der Waals surface area contributed by atoms with Gasteiger partial charge in [-0.3, -0.25) is 4.79 Å². The number of benzene rings is 2. The summed E-state index contributed by atoms with van der Waals surface area (Å²) in [5.41, 5.74) is 4.45. The zero-order chi connectivity index (χ0) is 17.1. The molecule has 0 aliphatic carbocycles. The van der Waals surface area contributed by atoms with Gasteiger partial charge < -0.3 is 5.32 Å². The number of carbonyl (C=O) groups is 1. The van der Waals surface area contributed by atoms with Crippen molar-refractivity contribution in [3.63, 3.8) is 0 Å². The summed E-state index contributed by atoms with van der Waals surface area (Å²) in [5, 5.41) is 9.70.